The van der Waals surface area contributed by atoms with Crippen LogP contribution in [0.1, 0.15) is 27.4 Å². The highest BCUT2D eigenvalue weighted by Gasteiger charge is 2.03. The first kappa shape index (κ1) is 12.1. The smallest absolute Gasteiger partial charge is 0.271 e. The zero-order valence-electron chi connectivity index (χ0n) is 10.3. The van der Waals surface area contributed by atoms with Crippen LogP contribution in [-0.2, 0) is 0 Å². The van der Waals surface area contributed by atoms with E-state index in [1.165, 1.54) is 6.21 Å². The van der Waals surface area contributed by atoms with Gasteiger partial charge >= 0.3 is 0 Å². The van der Waals surface area contributed by atoms with Crippen molar-refractivity contribution in [3.63, 3.8) is 0 Å². The number of nitrogens with zero attached hydrogens (tertiary/aromatic N) is 1. The first-order valence-electron chi connectivity index (χ1n) is 5.61. The molecule has 1 aromatic heterocycles. The molecule has 0 aliphatic rings. The molecule has 4 heteroatoms. The summed E-state index contributed by atoms with van der Waals surface area (Å²) in [6, 6.07) is 11.0. The fraction of sp³-hybridized carbons (Fsp3) is 0.143. The number of carbonyl (C=O) groups excluding carboxylic acids is 1. The number of amides is 1. The number of furan rings is 1. The van der Waals surface area contributed by atoms with Crippen LogP contribution in [-0.4, -0.2) is 12.1 Å². The second-order valence-electron chi connectivity index (χ2n) is 4.02. The number of hydrogen-bond donors (Lipinski definition) is 1. The summed E-state index contributed by atoms with van der Waals surface area (Å²) >= 11 is 0. The Balaban J connectivity index is 1.98. The zero-order valence-corrected chi connectivity index (χ0v) is 10.3. The summed E-state index contributed by atoms with van der Waals surface area (Å²) in [5.41, 5.74) is 4.08. The molecule has 0 aliphatic carbocycles. The van der Waals surface area contributed by atoms with E-state index in [1.807, 2.05) is 38.1 Å². The van der Waals surface area contributed by atoms with Crippen LogP contribution in [0.15, 0.2) is 45.9 Å². The maximum Gasteiger partial charge on any atom is 0.271 e. The summed E-state index contributed by atoms with van der Waals surface area (Å²) in [5.74, 6) is 1.18. The third-order valence-corrected chi connectivity index (χ3v) is 2.40. The highest BCUT2D eigenvalue weighted by molar-refractivity contribution is 5.94. The number of benzene rings is 1. The monoisotopic (exact) mass is 242 g/mol. The van der Waals surface area contributed by atoms with Crippen LogP contribution in [0.25, 0.3) is 0 Å². The van der Waals surface area contributed by atoms with Crippen LogP contribution < -0.4 is 5.43 Å². The van der Waals surface area contributed by atoms with E-state index in [9.17, 15) is 4.79 Å². The van der Waals surface area contributed by atoms with Crippen molar-refractivity contribution in [2.75, 3.05) is 0 Å². The van der Waals surface area contributed by atoms with Crippen LogP contribution in [0, 0.1) is 13.8 Å². The van der Waals surface area contributed by atoms with Gasteiger partial charge in [-0.05, 0) is 38.1 Å². The van der Waals surface area contributed by atoms with Gasteiger partial charge in [0, 0.05) is 5.56 Å². The van der Waals surface area contributed by atoms with E-state index in [0.717, 1.165) is 11.3 Å². The third kappa shape index (κ3) is 3.07. The molecule has 1 aromatic carbocycles. The molecule has 18 heavy (non-hydrogen) atoms. The summed E-state index contributed by atoms with van der Waals surface area (Å²) in [6.07, 6.45) is 1.47. The lowest BCUT2D eigenvalue weighted by molar-refractivity contribution is 0.0955. The Morgan fingerprint density at radius 3 is 2.78 bits per heavy atom. The van der Waals surface area contributed by atoms with E-state index in [-0.39, 0.29) is 5.91 Å². The molecule has 0 saturated carbocycles. The molecule has 1 heterocycles. The van der Waals surface area contributed by atoms with Crippen LogP contribution >= 0.6 is 0 Å². The summed E-state index contributed by atoms with van der Waals surface area (Å²) in [4.78, 5) is 11.7. The molecule has 0 spiro atoms. The van der Waals surface area contributed by atoms with Crippen molar-refractivity contribution >= 4 is 12.1 Å². The van der Waals surface area contributed by atoms with E-state index in [2.05, 4.69) is 10.5 Å². The molecule has 4 nitrogen and oxygen atoms in total. The van der Waals surface area contributed by atoms with Crippen molar-refractivity contribution in [3.8, 4) is 0 Å². The summed E-state index contributed by atoms with van der Waals surface area (Å²) in [6.45, 7) is 3.79. The average Bonchev–Trinajstić information content (AvgIpc) is 2.75. The van der Waals surface area contributed by atoms with Gasteiger partial charge in [-0.15, -0.1) is 0 Å². The minimum atomic E-state index is -0.238. The number of hydrogen-bond acceptors (Lipinski definition) is 3. The number of rotatable bonds is 3. The predicted octanol–water partition coefficient (Wildman–Crippen LogP) is 2.66. The van der Waals surface area contributed by atoms with E-state index in [1.54, 1.807) is 12.1 Å². The minimum absolute atomic E-state index is 0.238. The quantitative estimate of drug-likeness (QED) is 0.664. The van der Waals surface area contributed by atoms with Crippen LogP contribution in [0.4, 0.5) is 0 Å². The molecule has 0 radical (unpaired) electrons. The Morgan fingerprint density at radius 1 is 1.28 bits per heavy atom. The lowest BCUT2D eigenvalue weighted by Gasteiger charge is -2.00. The molecule has 0 atom stereocenters. The van der Waals surface area contributed by atoms with Gasteiger partial charge in [0.15, 0.2) is 0 Å². The van der Waals surface area contributed by atoms with Gasteiger partial charge in [-0.25, -0.2) is 5.43 Å². The maximum absolute atomic E-state index is 11.7. The van der Waals surface area contributed by atoms with Crippen molar-refractivity contribution in [2.45, 2.75) is 13.8 Å². The highest BCUT2D eigenvalue weighted by atomic mass is 16.3. The number of nitrogens with one attached hydrogen (secondary N) is 1. The summed E-state index contributed by atoms with van der Waals surface area (Å²) in [7, 11) is 0. The number of aryl methyl sites for hydroxylation is 2. The van der Waals surface area contributed by atoms with Gasteiger partial charge in [-0.2, -0.15) is 5.10 Å². The molecule has 0 bridgehead atoms. The first-order valence-corrected chi connectivity index (χ1v) is 5.61. The Morgan fingerprint density at radius 2 is 2.11 bits per heavy atom. The second kappa shape index (κ2) is 5.31. The third-order valence-electron chi connectivity index (χ3n) is 2.40. The van der Waals surface area contributed by atoms with E-state index in [4.69, 9.17) is 4.42 Å². The summed E-state index contributed by atoms with van der Waals surface area (Å²) in [5, 5.41) is 3.84. The maximum atomic E-state index is 11.7. The van der Waals surface area contributed by atoms with E-state index < -0.39 is 0 Å². The summed E-state index contributed by atoms with van der Waals surface area (Å²) < 4.78 is 5.29. The van der Waals surface area contributed by atoms with Gasteiger partial charge in [0.2, 0.25) is 0 Å². The number of hydrazone groups is 1. The Labute approximate surface area is 105 Å². The van der Waals surface area contributed by atoms with Gasteiger partial charge in [-0.1, -0.05) is 17.7 Å². The van der Waals surface area contributed by atoms with Gasteiger partial charge in [-0.3, -0.25) is 4.79 Å². The molecule has 2 aromatic rings. The van der Waals surface area contributed by atoms with Gasteiger partial charge < -0.3 is 4.42 Å². The lowest BCUT2D eigenvalue weighted by atomic mass is 10.1. The van der Waals surface area contributed by atoms with E-state index >= 15 is 0 Å². The second-order valence-corrected chi connectivity index (χ2v) is 4.02. The molecule has 1 N–H and O–H groups in total. The van der Waals surface area contributed by atoms with Crippen molar-refractivity contribution in [1.29, 1.82) is 0 Å². The molecule has 92 valence electrons. The fourth-order valence-corrected chi connectivity index (χ4v) is 1.53. The van der Waals surface area contributed by atoms with Crippen LogP contribution in [0.2, 0.25) is 0 Å². The number of carbonyl (C=O) groups is 1. The van der Waals surface area contributed by atoms with Crippen molar-refractivity contribution in [2.24, 2.45) is 5.10 Å². The Bertz CT molecular complexity index is 585. The normalized spacial score (nSPS) is 10.8. The molecule has 0 aliphatic heterocycles. The molecule has 2 rings (SSSR count). The van der Waals surface area contributed by atoms with E-state index in [0.29, 0.717) is 11.3 Å². The first-order chi connectivity index (χ1) is 8.65. The van der Waals surface area contributed by atoms with Crippen LogP contribution in [0.3, 0.4) is 0 Å². The SMILES string of the molecule is Cc1cccc(C(=O)NN=Cc2ccc(C)o2)c1. The van der Waals surface area contributed by atoms with Gasteiger partial charge in [0.1, 0.15) is 11.5 Å². The standard InChI is InChI=1S/C14H14N2O2/c1-10-4-3-5-12(8-10)14(17)16-15-9-13-7-6-11(2)18-13/h3-9H,1-2H3,(H,16,17). The Kier molecular flexibility index (Phi) is 3.57. The Hall–Kier alpha value is -2.36. The predicted molar refractivity (Wildman–Crippen MR) is 69.7 cm³/mol. The fourth-order valence-electron chi connectivity index (χ4n) is 1.53. The molecule has 0 unspecified atom stereocenters. The minimum Gasteiger partial charge on any atom is -0.460 e. The van der Waals surface area contributed by atoms with Crippen molar-refractivity contribution in [1.82, 2.24) is 5.43 Å². The molecule has 1 amide bonds. The molecular weight excluding hydrogens is 228 g/mol. The molecule has 0 saturated heterocycles. The van der Waals surface area contributed by atoms with Crippen molar-refractivity contribution in [3.05, 3.63) is 59.0 Å². The van der Waals surface area contributed by atoms with Crippen molar-refractivity contribution < 1.29 is 9.21 Å². The topological polar surface area (TPSA) is 54.6 Å². The molecular formula is C14H14N2O2. The average molecular weight is 242 g/mol. The zero-order chi connectivity index (χ0) is 13.0. The largest absolute Gasteiger partial charge is 0.460 e. The lowest BCUT2D eigenvalue weighted by Crippen LogP contribution is -2.17. The van der Waals surface area contributed by atoms with Crippen LogP contribution in [0.5, 0.6) is 0 Å². The van der Waals surface area contributed by atoms with Gasteiger partial charge in [0.05, 0.1) is 6.21 Å². The molecule has 0 fully saturated rings. The van der Waals surface area contributed by atoms with Gasteiger partial charge in [0.25, 0.3) is 5.91 Å². The highest BCUT2D eigenvalue weighted by Crippen LogP contribution is 2.04.